The van der Waals surface area contributed by atoms with Crippen LogP contribution in [0.5, 0.6) is 0 Å². The maximum absolute atomic E-state index is 2.97. The Hall–Kier alpha value is -0.701. The van der Waals surface area contributed by atoms with Crippen LogP contribution >= 0.6 is 17.2 Å². The molecule has 33 heavy (non-hydrogen) atoms. The molecule has 0 N–H and O–H groups in total. The van der Waals surface area contributed by atoms with Gasteiger partial charge in [-0.15, -0.1) is 22.7 Å². The molecule has 0 saturated carbocycles. The summed E-state index contributed by atoms with van der Waals surface area (Å²) in [7, 11) is 2.80. The van der Waals surface area contributed by atoms with Crippen molar-refractivity contribution < 1.29 is 17.1 Å². The van der Waals surface area contributed by atoms with Gasteiger partial charge in [0.15, 0.2) is 0 Å². The van der Waals surface area contributed by atoms with Crippen molar-refractivity contribution in [2.75, 3.05) is 0 Å². The van der Waals surface area contributed by atoms with E-state index in [0.29, 0.717) is 10.3 Å². The van der Waals surface area contributed by atoms with Crippen LogP contribution in [0.25, 0.3) is 11.1 Å². The number of rotatable bonds is 4. The molecule has 0 aliphatic heterocycles. The van der Waals surface area contributed by atoms with Crippen LogP contribution in [0.3, 0.4) is 0 Å². The molecular formula is C30H44FeP2-6. The van der Waals surface area contributed by atoms with Gasteiger partial charge in [0.05, 0.1) is 0 Å². The molecule has 3 aromatic rings. The zero-order valence-electron chi connectivity index (χ0n) is 22.1. The summed E-state index contributed by atoms with van der Waals surface area (Å²) in [6.07, 6.45) is 2.24. The van der Waals surface area contributed by atoms with Gasteiger partial charge < -0.3 is 30.3 Å². The molecular weight excluding hydrogens is 478 g/mol. The first-order valence-electron chi connectivity index (χ1n) is 11.8. The van der Waals surface area contributed by atoms with Crippen LogP contribution in [0.1, 0.15) is 79.0 Å². The Morgan fingerprint density at radius 2 is 1.24 bits per heavy atom. The van der Waals surface area contributed by atoms with Gasteiger partial charge >= 0.3 is 0 Å². The molecule has 0 aromatic heterocycles. The monoisotopic (exact) mass is 522 g/mol. The molecule has 188 valence electrons. The zero-order valence-corrected chi connectivity index (χ0v) is 25.3. The van der Waals surface area contributed by atoms with E-state index in [-0.39, 0.29) is 30.4 Å². The predicted molar refractivity (Wildman–Crippen MR) is 152 cm³/mol. The van der Waals surface area contributed by atoms with Crippen molar-refractivity contribution in [3.8, 4) is 11.1 Å². The van der Waals surface area contributed by atoms with Gasteiger partial charge in [-0.25, -0.2) is 6.07 Å². The summed E-state index contributed by atoms with van der Waals surface area (Å²) in [4.78, 5) is 0. The maximum Gasteiger partial charge on any atom is 0 e. The van der Waals surface area contributed by atoms with Gasteiger partial charge in [0.25, 0.3) is 0 Å². The van der Waals surface area contributed by atoms with Crippen molar-refractivity contribution in [2.45, 2.75) is 90.4 Å². The van der Waals surface area contributed by atoms with Crippen LogP contribution in [0.2, 0.25) is 0 Å². The SMILES string of the molecule is CC(C)(C)c1c(-c2ccccc2)cc(CP)[c-]1CP(C(C)(C)C)C(C)(C)C.[Fe].[cH-]1[cH-][cH-][cH-][cH-]1. The van der Waals surface area contributed by atoms with Gasteiger partial charge in [-0.3, -0.25) is 0 Å². The largest absolute Gasteiger partial charge is 0.748 e. The Morgan fingerprint density at radius 1 is 0.788 bits per heavy atom. The fourth-order valence-corrected chi connectivity index (χ4v) is 8.68. The second-order valence-corrected chi connectivity index (χ2v) is 15.9. The summed E-state index contributed by atoms with van der Waals surface area (Å²) in [6, 6.07) is 23.4. The van der Waals surface area contributed by atoms with E-state index in [1.165, 1.54) is 22.9 Å². The number of hydrogen-bond donors (Lipinski definition) is 0. The first kappa shape index (κ1) is 30.3. The number of benzene rings is 1. The van der Waals surface area contributed by atoms with Gasteiger partial charge in [0, 0.05) is 17.1 Å². The molecule has 0 amide bonds. The molecule has 0 aliphatic rings. The maximum atomic E-state index is 2.97. The summed E-state index contributed by atoms with van der Waals surface area (Å²) < 4.78 is 0. The Balaban J connectivity index is 0.000000799. The summed E-state index contributed by atoms with van der Waals surface area (Å²) in [6.45, 7) is 21.7. The third-order valence-electron chi connectivity index (χ3n) is 5.82. The molecule has 0 saturated heterocycles. The molecule has 1 unspecified atom stereocenters. The molecule has 3 aromatic carbocycles. The van der Waals surface area contributed by atoms with Crippen LogP contribution in [0.15, 0.2) is 66.7 Å². The Kier molecular flexibility index (Phi) is 11.3. The minimum Gasteiger partial charge on any atom is -0.748 e. The van der Waals surface area contributed by atoms with E-state index in [2.05, 4.69) is 108 Å². The first-order chi connectivity index (χ1) is 14.8. The van der Waals surface area contributed by atoms with Crippen LogP contribution in [-0.4, -0.2) is 10.3 Å². The van der Waals surface area contributed by atoms with Gasteiger partial charge in [0.1, 0.15) is 0 Å². The van der Waals surface area contributed by atoms with Crippen molar-refractivity contribution in [1.29, 1.82) is 0 Å². The molecule has 0 nitrogen and oxygen atoms in total. The molecule has 3 rings (SSSR count). The molecule has 0 spiro atoms. The first-order valence-corrected chi connectivity index (χ1v) is 14.1. The van der Waals surface area contributed by atoms with E-state index in [1.54, 1.807) is 11.1 Å². The van der Waals surface area contributed by atoms with Crippen LogP contribution in [0, 0.1) is 0 Å². The van der Waals surface area contributed by atoms with Gasteiger partial charge in [-0.1, -0.05) is 104 Å². The topological polar surface area (TPSA) is 0 Å². The molecule has 0 aliphatic carbocycles. The third-order valence-corrected chi connectivity index (χ3v) is 10.1. The summed E-state index contributed by atoms with van der Waals surface area (Å²) in [5, 5.41) is 0.677. The normalized spacial score (nSPS) is 12.2. The van der Waals surface area contributed by atoms with Gasteiger partial charge in [-0.05, 0) is 21.9 Å². The van der Waals surface area contributed by atoms with Gasteiger partial charge in [0.2, 0.25) is 0 Å². The Labute approximate surface area is 218 Å². The molecule has 0 heterocycles. The average molecular weight is 522 g/mol. The second-order valence-electron chi connectivity index (χ2n) is 11.6. The molecule has 3 heteroatoms. The Bertz CT molecular complexity index is 899. The van der Waals surface area contributed by atoms with E-state index in [4.69, 9.17) is 0 Å². The minimum atomic E-state index is -0.169. The van der Waals surface area contributed by atoms with Crippen molar-refractivity contribution in [2.24, 2.45) is 0 Å². The fraction of sp³-hybridized carbons (Fsp3) is 0.467. The fourth-order valence-electron chi connectivity index (χ4n) is 4.68. The van der Waals surface area contributed by atoms with Crippen molar-refractivity contribution >= 4 is 17.2 Å². The summed E-state index contributed by atoms with van der Waals surface area (Å²) in [5.41, 5.74) is 7.62. The van der Waals surface area contributed by atoms with Crippen LogP contribution < -0.4 is 0 Å². The van der Waals surface area contributed by atoms with Crippen molar-refractivity contribution in [3.05, 3.63) is 83.4 Å². The number of hydrogen-bond acceptors (Lipinski definition) is 0. The van der Waals surface area contributed by atoms with Gasteiger partial charge in [-0.2, -0.15) is 16.7 Å². The standard InChI is InChI=1S/C25H39P2.C5H5.Fe/c1-23(2,3)22-20(18-13-11-10-12-14-18)15-19(16-26)21(22)17-27(24(4,5)6)25(7,8)9;1-2-4-5-3-1;/h10-15H,16-17,26H2,1-9H3;1-5H;/q-1;-5;. The van der Waals surface area contributed by atoms with Crippen molar-refractivity contribution in [1.82, 2.24) is 0 Å². The molecule has 0 radical (unpaired) electrons. The van der Waals surface area contributed by atoms with Crippen molar-refractivity contribution in [3.63, 3.8) is 0 Å². The molecule has 1 atom stereocenters. The van der Waals surface area contributed by atoms with E-state index >= 15 is 0 Å². The smallest absolute Gasteiger partial charge is 0 e. The average Bonchev–Trinajstić information content (AvgIpc) is 3.35. The van der Waals surface area contributed by atoms with E-state index in [1.807, 2.05) is 30.3 Å². The third kappa shape index (κ3) is 8.48. The molecule has 0 bridgehead atoms. The summed E-state index contributed by atoms with van der Waals surface area (Å²) in [5.74, 6) is 0. The van der Waals surface area contributed by atoms with E-state index < -0.39 is 0 Å². The zero-order chi connectivity index (χ0) is 24.2. The predicted octanol–water partition coefficient (Wildman–Crippen LogP) is 9.73. The summed E-state index contributed by atoms with van der Waals surface area (Å²) >= 11 is 0. The van der Waals surface area contributed by atoms with Crippen LogP contribution in [-0.2, 0) is 34.8 Å². The van der Waals surface area contributed by atoms with E-state index in [9.17, 15) is 0 Å². The van der Waals surface area contributed by atoms with Crippen LogP contribution in [0.4, 0.5) is 0 Å². The quantitative estimate of drug-likeness (QED) is 0.182. The van der Waals surface area contributed by atoms with E-state index in [0.717, 1.165) is 6.16 Å². The molecule has 0 fully saturated rings. The second kappa shape index (κ2) is 12.3. The Morgan fingerprint density at radius 3 is 1.61 bits per heavy atom. The minimum absolute atomic E-state index is 0.